The Morgan fingerprint density at radius 3 is 2.51 bits per heavy atom. The van der Waals surface area contributed by atoms with Crippen LogP contribution in [0, 0.1) is 0 Å². The van der Waals surface area contributed by atoms with Gasteiger partial charge >= 0.3 is 0 Å². The first-order chi connectivity index (χ1) is 21.5. The number of nitrogens with one attached hydrogen (secondary N) is 1. The van der Waals surface area contributed by atoms with Gasteiger partial charge in [-0.2, -0.15) is 31.2 Å². The molecule has 1 aliphatic rings. The summed E-state index contributed by atoms with van der Waals surface area (Å²) in [5.41, 5.74) is 6.27. The lowest BCUT2D eigenvalue weighted by Crippen LogP contribution is -2.35. The molecule has 2 heterocycles. The van der Waals surface area contributed by atoms with Crippen molar-refractivity contribution in [2.75, 3.05) is 29.5 Å². The maximum absolute atomic E-state index is 12.2. The van der Waals surface area contributed by atoms with Gasteiger partial charge in [0.05, 0.1) is 23.3 Å². The lowest BCUT2D eigenvalue weighted by molar-refractivity contribution is -0.669. The van der Waals surface area contributed by atoms with Gasteiger partial charge < -0.3 is 9.64 Å². The van der Waals surface area contributed by atoms with E-state index in [9.17, 15) is 21.4 Å². The lowest BCUT2D eigenvalue weighted by Gasteiger charge is -2.18. The molecule has 45 heavy (non-hydrogen) atoms. The van der Waals surface area contributed by atoms with Crippen LogP contribution in [0.15, 0.2) is 72.6 Å². The van der Waals surface area contributed by atoms with Crippen LogP contribution in [-0.2, 0) is 31.1 Å². The molecule has 1 aliphatic heterocycles. The number of aromatic nitrogens is 1. The molecule has 0 saturated carbocycles. The maximum Gasteiger partial charge on any atom is 0.283 e. The molecule has 14 heteroatoms. The van der Waals surface area contributed by atoms with Crippen LogP contribution >= 0.6 is 22.9 Å². The molecule has 0 amide bonds. The minimum atomic E-state index is -4.05. The van der Waals surface area contributed by atoms with Crippen molar-refractivity contribution in [1.29, 1.82) is 0 Å². The zero-order chi connectivity index (χ0) is 32.0. The third-order valence-electron chi connectivity index (χ3n) is 7.17. The Balaban J connectivity index is 1.46. The highest BCUT2D eigenvalue weighted by Gasteiger charge is 2.30. The third kappa shape index (κ3) is 8.82. The number of nitrogens with zero attached hydrogens (tertiary/aromatic N) is 2. The minimum Gasteiger partial charge on any atom is -0.438 e. The summed E-state index contributed by atoms with van der Waals surface area (Å²) in [7, 11) is -7.74. The third-order valence-corrected chi connectivity index (χ3v) is 10.5. The van der Waals surface area contributed by atoms with Crippen LogP contribution in [0.5, 0.6) is 5.75 Å². The molecule has 0 atom stereocenters. The Morgan fingerprint density at radius 2 is 1.76 bits per heavy atom. The fourth-order valence-electron chi connectivity index (χ4n) is 5.06. The Bertz CT molecular complexity index is 1900. The first-order valence-corrected chi connectivity index (χ1v) is 19.0. The van der Waals surface area contributed by atoms with Gasteiger partial charge in [0, 0.05) is 30.6 Å². The highest BCUT2D eigenvalue weighted by molar-refractivity contribution is 7.86. The van der Waals surface area contributed by atoms with Crippen LogP contribution in [0.3, 0.4) is 0 Å². The van der Waals surface area contributed by atoms with Gasteiger partial charge in [-0.15, -0.1) is 0 Å². The number of unbranched alkanes of at least 4 members (excludes halogenated alkanes) is 2. The average molecular weight is 693 g/mol. The molecule has 0 spiro atoms. The zero-order valence-electron chi connectivity index (χ0n) is 24.7. The van der Waals surface area contributed by atoms with Crippen molar-refractivity contribution in [3.63, 3.8) is 0 Å². The molecule has 240 valence electrons. The SMILES string of the molecule is CCNOS(=O)(=O)CCCCN1C(=Cc2sc3ccc(Cl)cc3[n+]2CCCCS(=O)(=O)O)Oc2ccc(-c3ccccc3)cc21. The quantitative estimate of drug-likeness (QED) is 0.0665. The van der Waals surface area contributed by atoms with Crippen molar-refractivity contribution < 1.29 is 35.0 Å². The van der Waals surface area contributed by atoms with Gasteiger partial charge in [-0.05, 0) is 54.7 Å². The normalized spacial score (nSPS) is 14.3. The van der Waals surface area contributed by atoms with E-state index in [2.05, 4.69) is 21.0 Å². The smallest absolute Gasteiger partial charge is 0.283 e. The summed E-state index contributed by atoms with van der Waals surface area (Å²) < 4.78 is 70.4. The summed E-state index contributed by atoms with van der Waals surface area (Å²) in [6, 6.07) is 21.7. The van der Waals surface area contributed by atoms with Gasteiger partial charge in [0.2, 0.25) is 11.4 Å². The zero-order valence-corrected chi connectivity index (χ0v) is 27.9. The first-order valence-electron chi connectivity index (χ1n) is 14.6. The number of halogens is 1. The summed E-state index contributed by atoms with van der Waals surface area (Å²) in [5.74, 6) is 0.850. The van der Waals surface area contributed by atoms with E-state index >= 15 is 0 Å². The molecule has 3 aromatic carbocycles. The maximum atomic E-state index is 12.2. The van der Waals surface area contributed by atoms with E-state index in [4.69, 9.17) is 20.6 Å². The van der Waals surface area contributed by atoms with Gasteiger partial charge in [0.15, 0.2) is 12.3 Å². The average Bonchev–Trinajstić information content (AvgIpc) is 3.52. The fraction of sp³-hybridized carbons (Fsp3) is 0.323. The second-order valence-corrected chi connectivity index (χ2v) is 15.3. The number of ether oxygens (including phenoxy) is 1. The molecule has 0 saturated heterocycles. The van der Waals surface area contributed by atoms with Crippen LogP contribution in [-0.4, -0.2) is 46.0 Å². The van der Waals surface area contributed by atoms with E-state index in [-0.39, 0.29) is 11.5 Å². The molecule has 0 unspecified atom stereocenters. The van der Waals surface area contributed by atoms with Gasteiger partial charge in [-0.3, -0.25) is 4.55 Å². The van der Waals surface area contributed by atoms with Crippen molar-refractivity contribution in [2.24, 2.45) is 0 Å². The second-order valence-electron chi connectivity index (χ2n) is 10.5. The van der Waals surface area contributed by atoms with Gasteiger partial charge in [-0.25, -0.2) is 0 Å². The molecule has 0 fully saturated rings. The van der Waals surface area contributed by atoms with Crippen LogP contribution < -0.4 is 19.7 Å². The number of hydrogen-bond donors (Lipinski definition) is 2. The molecular weight excluding hydrogens is 658 g/mol. The molecule has 4 aromatic rings. The molecule has 5 rings (SSSR count). The first kappa shape index (κ1) is 33.3. The Hall–Kier alpha value is -3.04. The van der Waals surface area contributed by atoms with E-state index < -0.39 is 20.2 Å². The van der Waals surface area contributed by atoms with Crippen LogP contribution in [0.2, 0.25) is 5.02 Å². The predicted octanol–water partition coefficient (Wildman–Crippen LogP) is 6.03. The van der Waals surface area contributed by atoms with E-state index in [1.165, 1.54) is 0 Å². The highest BCUT2D eigenvalue weighted by atomic mass is 35.5. The number of thiazole rings is 1. The van der Waals surface area contributed by atoms with Crippen molar-refractivity contribution in [3.8, 4) is 16.9 Å². The Labute approximate surface area is 272 Å². The lowest BCUT2D eigenvalue weighted by atomic mass is 10.0. The predicted molar refractivity (Wildman–Crippen MR) is 178 cm³/mol. The minimum absolute atomic E-state index is 0.120. The number of hydroxylamine groups is 1. The number of hydrogen-bond acceptors (Lipinski definition) is 9. The van der Waals surface area contributed by atoms with E-state index in [0.29, 0.717) is 62.0 Å². The van der Waals surface area contributed by atoms with E-state index in [0.717, 1.165) is 32.0 Å². The molecule has 0 radical (unpaired) electrons. The summed E-state index contributed by atoms with van der Waals surface area (Å²) >= 11 is 7.90. The van der Waals surface area contributed by atoms with Gasteiger partial charge in [-0.1, -0.05) is 66.3 Å². The number of rotatable bonds is 15. The fourth-order valence-corrected chi connectivity index (χ4v) is 7.83. The Morgan fingerprint density at radius 1 is 0.978 bits per heavy atom. The number of anilines is 1. The van der Waals surface area contributed by atoms with Crippen molar-refractivity contribution in [3.05, 3.63) is 82.6 Å². The van der Waals surface area contributed by atoms with Crippen molar-refractivity contribution in [2.45, 2.75) is 39.2 Å². The van der Waals surface area contributed by atoms with Gasteiger partial charge in [0.1, 0.15) is 4.70 Å². The molecule has 10 nitrogen and oxygen atoms in total. The van der Waals surface area contributed by atoms with Crippen LogP contribution in [0.25, 0.3) is 27.4 Å². The number of benzene rings is 3. The van der Waals surface area contributed by atoms with Gasteiger partial charge in [0.25, 0.3) is 25.2 Å². The summed E-state index contributed by atoms with van der Waals surface area (Å²) in [6.45, 7) is 3.14. The van der Waals surface area contributed by atoms with Crippen LogP contribution in [0.4, 0.5) is 5.69 Å². The monoisotopic (exact) mass is 692 g/mol. The largest absolute Gasteiger partial charge is 0.438 e. The van der Waals surface area contributed by atoms with Crippen molar-refractivity contribution in [1.82, 2.24) is 5.48 Å². The standard InChI is InChI=1S/C31H34ClN3O7S3/c1-2-33-42-45(39,40)19-9-7-16-34-26-20-24(23-10-4-3-5-11-23)12-14-28(26)41-30(34)22-31-35(17-6-8-18-44(36,37)38)27-21-25(32)13-15-29(27)43-31/h3-5,10-15,20-22,33H,2,6-9,16-19H2,1H3/p+1. The molecule has 1 aromatic heterocycles. The number of fused-ring (bicyclic) bond motifs is 2. The molecule has 2 N–H and O–H groups in total. The second kappa shape index (κ2) is 14.6. The summed E-state index contributed by atoms with van der Waals surface area (Å²) in [4.78, 5) is 2.06. The summed E-state index contributed by atoms with van der Waals surface area (Å²) in [5, 5.41) is 1.45. The molecular formula is C31H35ClN3O7S3+. The summed E-state index contributed by atoms with van der Waals surface area (Å²) in [6.07, 6.45) is 3.72. The topological polar surface area (TPSA) is 126 Å². The molecule has 0 bridgehead atoms. The highest BCUT2D eigenvalue weighted by Crippen LogP contribution is 2.42. The van der Waals surface area contributed by atoms with Crippen LogP contribution in [0.1, 0.15) is 37.6 Å². The Kier molecular flexibility index (Phi) is 10.8. The van der Waals surface area contributed by atoms with E-state index in [1.807, 2.05) is 66.7 Å². The van der Waals surface area contributed by atoms with E-state index in [1.54, 1.807) is 18.3 Å². The molecule has 0 aliphatic carbocycles. The van der Waals surface area contributed by atoms with Crippen molar-refractivity contribution >= 4 is 65.2 Å². The number of aryl methyl sites for hydroxylation is 1.